The summed E-state index contributed by atoms with van der Waals surface area (Å²) in [5.74, 6) is -0.199. The Bertz CT molecular complexity index is 413. The Labute approximate surface area is 113 Å². The molecule has 1 saturated heterocycles. The molecule has 0 bridgehead atoms. The van der Waals surface area contributed by atoms with Crippen molar-refractivity contribution in [1.29, 1.82) is 0 Å². The van der Waals surface area contributed by atoms with Gasteiger partial charge >= 0.3 is 5.97 Å². The molecule has 1 heterocycles. The van der Waals surface area contributed by atoms with Gasteiger partial charge in [0.25, 0.3) is 0 Å². The van der Waals surface area contributed by atoms with Crippen LogP contribution in [0, 0.1) is 5.41 Å². The minimum absolute atomic E-state index is 0.199. The summed E-state index contributed by atoms with van der Waals surface area (Å²) < 4.78 is 10.9. The highest BCUT2D eigenvalue weighted by atomic mass is 16.5. The van der Waals surface area contributed by atoms with E-state index in [0.717, 1.165) is 5.56 Å². The van der Waals surface area contributed by atoms with Gasteiger partial charge in [0.05, 0.1) is 5.41 Å². The SMILES string of the molecule is CC(OC(=O)C1(CN)CCOCC1)c1ccccc1. The number of benzene rings is 1. The molecule has 1 aromatic rings. The highest BCUT2D eigenvalue weighted by molar-refractivity contribution is 5.77. The van der Waals surface area contributed by atoms with Crippen molar-refractivity contribution in [3.63, 3.8) is 0 Å². The van der Waals surface area contributed by atoms with E-state index in [0.29, 0.717) is 32.6 Å². The maximum atomic E-state index is 12.4. The number of carbonyl (C=O) groups is 1. The molecule has 19 heavy (non-hydrogen) atoms. The first-order chi connectivity index (χ1) is 9.18. The molecule has 1 aromatic carbocycles. The van der Waals surface area contributed by atoms with Crippen LogP contribution in [0.4, 0.5) is 0 Å². The van der Waals surface area contributed by atoms with E-state index in [4.69, 9.17) is 15.2 Å². The van der Waals surface area contributed by atoms with Crippen LogP contribution in [0.3, 0.4) is 0 Å². The number of nitrogens with two attached hydrogens (primary N) is 1. The number of ether oxygens (including phenoxy) is 2. The van der Waals surface area contributed by atoms with E-state index >= 15 is 0 Å². The summed E-state index contributed by atoms with van der Waals surface area (Å²) in [6.45, 7) is 3.35. The van der Waals surface area contributed by atoms with Gasteiger partial charge in [0.2, 0.25) is 0 Å². The summed E-state index contributed by atoms with van der Waals surface area (Å²) in [7, 11) is 0. The van der Waals surface area contributed by atoms with E-state index in [-0.39, 0.29) is 12.1 Å². The van der Waals surface area contributed by atoms with Crippen LogP contribution in [-0.4, -0.2) is 25.7 Å². The summed E-state index contributed by atoms with van der Waals surface area (Å²) >= 11 is 0. The van der Waals surface area contributed by atoms with Gasteiger partial charge in [-0.25, -0.2) is 0 Å². The first kappa shape index (κ1) is 14.0. The zero-order chi connectivity index (χ0) is 13.7. The Morgan fingerprint density at radius 3 is 2.58 bits per heavy atom. The van der Waals surface area contributed by atoms with Gasteiger partial charge in [-0.15, -0.1) is 0 Å². The summed E-state index contributed by atoms with van der Waals surface area (Å²) in [5, 5.41) is 0. The third kappa shape index (κ3) is 3.14. The lowest BCUT2D eigenvalue weighted by molar-refractivity contribution is -0.166. The van der Waals surface area contributed by atoms with E-state index in [2.05, 4.69) is 0 Å². The van der Waals surface area contributed by atoms with Crippen LogP contribution in [0.2, 0.25) is 0 Å². The highest BCUT2D eigenvalue weighted by Crippen LogP contribution is 2.32. The van der Waals surface area contributed by atoms with E-state index in [1.807, 2.05) is 37.3 Å². The molecule has 1 atom stereocenters. The average Bonchev–Trinajstić information content (AvgIpc) is 2.48. The Hall–Kier alpha value is -1.39. The Morgan fingerprint density at radius 1 is 1.37 bits per heavy atom. The van der Waals surface area contributed by atoms with E-state index in [1.165, 1.54) is 0 Å². The Kier molecular flexibility index (Phi) is 4.56. The largest absolute Gasteiger partial charge is 0.457 e. The first-order valence-corrected chi connectivity index (χ1v) is 6.72. The van der Waals surface area contributed by atoms with Gasteiger partial charge in [-0.2, -0.15) is 0 Å². The fourth-order valence-electron chi connectivity index (χ4n) is 2.33. The molecule has 0 radical (unpaired) electrons. The predicted octanol–water partition coefficient (Wildman–Crippen LogP) is 2.05. The van der Waals surface area contributed by atoms with Crippen molar-refractivity contribution in [2.45, 2.75) is 25.9 Å². The van der Waals surface area contributed by atoms with Crippen molar-refractivity contribution in [1.82, 2.24) is 0 Å². The molecule has 104 valence electrons. The molecule has 0 saturated carbocycles. The molecule has 1 aliphatic heterocycles. The van der Waals surface area contributed by atoms with Crippen molar-refractivity contribution in [3.05, 3.63) is 35.9 Å². The van der Waals surface area contributed by atoms with Gasteiger partial charge in [0.1, 0.15) is 6.10 Å². The molecule has 1 unspecified atom stereocenters. The van der Waals surface area contributed by atoms with Crippen LogP contribution in [-0.2, 0) is 14.3 Å². The molecular formula is C15H21NO3. The van der Waals surface area contributed by atoms with Gasteiger partial charge in [-0.3, -0.25) is 4.79 Å². The molecule has 1 fully saturated rings. The third-order valence-electron chi connectivity index (χ3n) is 3.83. The van der Waals surface area contributed by atoms with Crippen molar-refractivity contribution >= 4 is 5.97 Å². The summed E-state index contributed by atoms with van der Waals surface area (Å²) in [6.07, 6.45) is 1.04. The molecule has 2 rings (SSSR count). The average molecular weight is 263 g/mol. The first-order valence-electron chi connectivity index (χ1n) is 6.72. The third-order valence-corrected chi connectivity index (χ3v) is 3.83. The van der Waals surface area contributed by atoms with Crippen molar-refractivity contribution < 1.29 is 14.3 Å². The summed E-state index contributed by atoms with van der Waals surface area (Å²) in [5.41, 5.74) is 6.22. The standard InChI is InChI=1S/C15H21NO3/c1-12(13-5-3-2-4-6-13)19-14(17)15(11-16)7-9-18-10-8-15/h2-6,12H,7-11,16H2,1H3. The lowest BCUT2D eigenvalue weighted by Gasteiger charge is -2.34. The number of carbonyl (C=O) groups excluding carboxylic acids is 1. The number of esters is 1. The predicted molar refractivity (Wildman–Crippen MR) is 72.5 cm³/mol. The topological polar surface area (TPSA) is 61.5 Å². The van der Waals surface area contributed by atoms with Gasteiger partial charge in [0, 0.05) is 19.8 Å². The van der Waals surface area contributed by atoms with Crippen molar-refractivity contribution in [2.75, 3.05) is 19.8 Å². The number of rotatable bonds is 4. The van der Waals surface area contributed by atoms with Crippen molar-refractivity contribution in [3.8, 4) is 0 Å². The second-order valence-corrected chi connectivity index (χ2v) is 5.06. The minimum Gasteiger partial charge on any atom is -0.457 e. The Morgan fingerprint density at radius 2 is 2.00 bits per heavy atom. The molecule has 0 aromatic heterocycles. The molecule has 1 aliphatic rings. The second kappa shape index (κ2) is 6.17. The maximum absolute atomic E-state index is 12.4. The molecule has 0 amide bonds. The zero-order valence-electron chi connectivity index (χ0n) is 11.3. The summed E-state index contributed by atoms with van der Waals surface area (Å²) in [4.78, 5) is 12.4. The van der Waals surface area contributed by atoms with Gasteiger partial charge in [0.15, 0.2) is 0 Å². The van der Waals surface area contributed by atoms with Crippen LogP contribution in [0.15, 0.2) is 30.3 Å². The molecule has 0 spiro atoms. The highest BCUT2D eigenvalue weighted by Gasteiger charge is 2.41. The van der Waals surface area contributed by atoms with Crippen LogP contribution >= 0.6 is 0 Å². The fourth-order valence-corrected chi connectivity index (χ4v) is 2.33. The van der Waals surface area contributed by atoms with E-state index in [9.17, 15) is 4.79 Å². The lowest BCUT2D eigenvalue weighted by Crippen LogP contribution is -2.44. The van der Waals surface area contributed by atoms with Gasteiger partial charge in [-0.05, 0) is 25.3 Å². The van der Waals surface area contributed by atoms with E-state index < -0.39 is 5.41 Å². The Balaban J connectivity index is 2.03. The maximum Gasteiger partial charge on any atom is 0.314 e. The van der Waals surface area contributed by atoms with E-state index in [1.54, 1.807) is 0 Å². The second-order valence-electron chi connectivity index (χ2n) is 5.06. The molecule has 2 N–H and O–H groups in total. The molecular weight excluding hydrogens is 242 g/mol. The molecule has 4 heteroatoms. The number of hydrogen-bond donors (Lipinski definition) is 1. The van der Waals surface area contributed by atoms with Crippen LogP contribution in [0.5, 0.6) is 0 Å². The van der Waals surface area contributed by atoms with Crippen LogP contribution in [0.1, 0.15) is 31.4 Å². The summed E-state index contributed by atoms with van der Waals surface area (Å²) in [6, 6.07) is 9.73. The zero-order valence-corrected chi connectivity index (χ0v) is 11.3. The van der Waals surface area contributed by atoms with Crippen LogP contribution < -0.4 is 5.73 Å². The molecule has 0 aliphatic carbocycles. The minimum atomic E-state index is -0.568. The van der Waals surface area contributed by atoms with Crippen molar-refractivity contribution in [2.24, 2.45) is 11.1 Å². The van der Waals surface area contributed by atoms with Gasteiger partial charge in [-0.1, -0.05) is 30.3 Å². The van der Waals surface area contributed by atoms with Crippen LogP contribution in [0.25, 0.3) is 0 Å². The monoisotopic (exact) mass is 263 g/mol. The molecule has 4 nitrogen and oxygen atoms in total. The smallest absolute Gasteiger partial charge is 0.314 e. The van der Waals surface area contributed by atoms with Gasteiger partial charge < -0.3 is 15.2 Å². The number of hydrogen-bond acceptors (Lipinski definition) is 4. The normalized spacial score (nSPS) is 19.7. The quantitative estimate of drug-likeness (QED) is 0.844. The lowest BCUT2D eigenvalue weighted by atomic mass is 9.80. The fraction of sp³-hybridized carbons (Fsp3) is 0.533.